The molecule has 184 valence electrons. The van der Waals surface area contributed by atoms with Gasteiger partial charge in [-0.3, -0.25) is 9.59 Å². The van der Waals surface area contributed by atoms with E-state index in [1.807, 2.05) is 82.3 Å². The molecule has 0 radical (unpaired) electrons. The minimum absolute atomic E-state index is 0.204. The number of rotatable bonds is 9. The van der Waals surface area contributed by atoms with Gasteiger partial charge in [-0.05, 0) is 57.0 Å². The lowest BCUT2D eigenvalue weighted by Gasteiger charge is -2.33. The van der Waals surface area contributed by atoms with Gasteiger partial charge >= 0.3 is 0 Å². The molecular weight excluding hydrogens is 460 g/mol. The molecule has 1 N–H and O–H groups in total. The molecule has 35 heavy (non-hydrogen) atoms. The number of amides is 2. The molecule has 2 amide bonds. The van der Waals surface area contributed by atoms with Gasteiger partial charge in [-0.1, -0.05) is 77.8 Å². The summed E-state index contributed by atoms with van der Waals surface area (Å²) in [6.45, 7) is 7.88. The van der Waals surface area contributed by atoms with Gasteiger partial charge in [0.15, 0.2) is 6.61 Å². The van der Waals surface area contributed by atoms with Crippen molar-refractivity contribution in [2.75, 3.05) is 6.61 Å². The van der Waals surface area contributed by atoms with E-state index in [1.165, 1.54) is 0 Å². The SMILES string of the molecule is Cc1ccc(CN(C(=O)COc2cccc(Cl)c2)C(Cc2ccccc2)C(=O)NC(C)(C)C)cc1. The quantitative estimate of drug-likeness (QED) is 0.424. The predicted octanol–water partition coefficient (Wildman–Crippen LogP) is 5.58. The Morgan fingerprint density at radius 3 is 2.26 bits per heavy atom. The summed E-state index contributed by atoms with van der Waals surface area (Å²) in [5.74, 6) is 0.0139. The molecule has 5 nitrogen and oxygen atoms in total. The van der Waals surface area contributed by atoms with Crippen LogP contribution in [0.3, 0.4) is 0 Å². The fourth-order valence-corrected chi connectivity index (χ4v) is 3.86. The van der Waals surface area contributed by atoms with Crippen molar-refractivity contribution < 1.29 is 14.3 Å². The number of hydrogen-bond donors (Lipinski definition) is 1. The first-order valence-electron chi connectivity index (χ1n) is 11.7. The molecule has 3 rings (SSSR count). The van der Waals surface area contributed by atoms with Gasteiger partial charge in [-0.15, -0.1) is 0 Å². The van der Waals surface area contributed by atoms with Gasteiger partial charge in [0.1, 0.15) is 11.8 Å². The molecular formula is C29H33ClN2O3. The monoisotopic (exact) mass is 492 g/mol. The van der Waals surface area contributed by atoms with Crippen molar-refractivity contribution in [3.63, 3.8) is 0 Å². The molecule has 0 saturated carbocycles. The topological polar surface area (TPSA) is 58.6 Å². The van der Waals surface area contributed by atoms with Gasteiger partial charge in [-0.2, -0.15) is 0 Å². The van der Waals surface area contributed by atoms with Crippen LogP contribution in [0.2, 0.25) is 5.02 Å². The average Bonchev–Trinajstić information content (AvgIpc) is 2.80. The lowest BCUT2D eigenvalue weighted by molar-refractivity contribution is -0.143. The third-order valence-electron chi connectivity index (χ3n) is 5.40. The zero-order chi connectivity index (χ0) is 25.4. The van der Waals surface area contributed by atoms with Crippen LogP contribution in [-0.2, 0) is 22.6 Å². The van der Waals surface area contributed by atoms with Crippen molar-refractivity contribution in [2.45, 2.75) is 52.2 Å². The maximum absolute atomic E-state index is 13.6. The number of nitrogens with zero attached hydrogens (tertiary/aromatic N) is 1. The molecule has 1 atom stereocenters. The minimum atomic E-state index is -0.714. The second kappa shape index (κ2) is 11.9. The van der Waals surface area contributed by atoms with E-state index in [0.717, 1.165) is 16.7 Å². The number of halogens is 1. The van der Waals surface area contributed by atoms with Crippen LogP contribution < -0.4 is 10.1 Å². The summed E-state index contributed by atoms with van der Waals surface area (Å²) < 4.78 is 5.76. The Hall–Kier alpha value is -3.31. The number of benzene rings is 3. The van der Waals surface area contributed by atoms with E-state index in [2.05, 4.69) is 5.32 Å². The van der Waals surface area contributed by atoms with Crippen LogP contribution in [0.1, 0.15) is 37.5 Å². The Kier molecular flexibility index (Phi) is 8.94. The largest absolute Gasteiger partial charge is 0.484 e. The van der Waals surface area contributed by atoms with E-state index in [-0.39, 0.29) is 25.0 Å². The number of ether oxygens (including phenoxy) is 1. The van der Waals surface area contributed by atoms with E-state index in [1.54, 1.807) is 29.2 Å². The van der Waals surface area contributed by atoms with Crippen LogP contribution in [0.15, 0.2) is 78.9 Å². The normalized spacial score (nSPS) is 12.0. The van der Waals surface area contributed by atoms with E-state index >= 15 is 0 Å². The number of carbonyl (C=O) groups is 2. The van der Waals surface area contributed by atoms with Gasteiger partial charge in [0.2, 0.25) is 5.91 Å². The van der Waals surface area contributed by atoms with Crippen molar-refractivity contribution in [1.82, 2.24) is 10.2 Å². The van der Waals surface area contributed by atoms with Crippen molar-refractivity contribution in [3.8, 4) is 5.75 Å². The molecule has 6 heteroatoms. The standard InChI is InChI=1S/C29H33ClN2O3/c1-21-13-15-23(16-14-21)19-32(27(33)20-35-25-12-8-11-24(30)18-25)26(28(34)31-29(2,3)4)17-22-9-6-5-7-10-22/h5-16,18,26H,17,19-20H2,1-4H3,(H,31,34). The Morgan fingerprint density at radius 1 is 0.943 bits per heavy atom. The second-order valence-corrected chi connectivity index (χ2v) is 10.1. The fourth-order valence-electron chi connectivity index (χ4n) is 3.68. The third-order valence-corrected chi connectivity index (χ3v) is 5.64. The zero-order valence-electron chi connectivity index (χ0n) is 20.8. The van der Waals surface area contributed by atoms with Crippen LogP contribution in [0.5, 0.6) is 5.75 Å². The van der Waals surface area contributed by atoms with Crippen molar-refractivity contribution in [3.05, 3.63) is 101 Å². The molecule has 0 aliphatic carbocycles. The lowest BCUT2D eigenvalue weighted by Crippen LogP contribution is -2.55. The first-order valence-corrected chi connectivity index (χ1v) is 12.1. The summed E-state index contributed by atoms with van der Waals surface area (Å²) in [6.07, 6.45) is 0.386. The lowest BCUT2D eigenvalue weighted by atomic mass is 10.0. The van der Waals surface area contributed by atoms with Crippen molar-refractivity contribution >= 4 is 23.4 Å². The van der Waals surface area contributed by atoms with Crippen molar-refractivity contribution in [2.24, 2.45) is 0 Å². The molecule has 0 aromatic heterocycles. The van der Waals surface area contributed by atoms with Gasteiger partial charge in [0, 0.05) is 23.5 Å². The Labute approximate surface area is 213 Å². The first-order chi connectivity index (χ1) is 16.6. The van der Waals surface area contributed by atoms with Gasteiger partial charge < -0.3 is 15.0 Å². The van der Waals surface area contributed by atoms with Crippen LogP contribution in [0, 0.1) is 6.92 Å². The zero-order valence-corrected chi connectivity index (χ0v) is 21.5. The summed E-state index contributed by atoms with van der Waals surface area (Å²) in [5, 5.41) is 3.59. The number of nitrogens with one attached hydrogen (secondary N) is 1. The van der Waals surface area contributed by atoms with Crippen LogP contribution in [-0.4, -0.2) is 34.9 Å². The highest BCUT2D eigenvalue weighted by molar-refractivity contribution is 6.30. The Morgan fingerprint density at radius 2 is 1.63 bits per heavy atom. The molecule has 0 bridgehead atoms. The van der Waals surface area contributed by atoms with Crippen LogP contribution in [0.25, 0.3) is 0 Å². The Bertz CT molecular complexity index is 1120. The number of aryl methyl sites for hydroxylation is 1. The molecule has 3 aromatic carbocycles. The minimum Gasteiger partial charge on any atom is -0.484 e. The summed E-state index contributed by atoms with van der Waals surface area (Å²) in [5.41, 5.74) is 2.59. The maximum Gasteiger partial charge on any atom is 0.261 e. The molecule has 0 spiro atoms. The van der Waals surface area contributed by atoms with E-state index < -0.39 is 11.6 Å². The smallest absolute Gasteiger partial charge is 0.261 e. The predicted molar refractivity (Wildman–Crippen MR) is 141 cm³/mol. The fraction of sp³-hybridized carbons (Fsp3) is 0.310. The van der Waals surface area contributed by atoms with Gasteiger partial charge in [0.05, 0.1) is 0 Å². The summed E-state index contributed by atoms with van der Waals surface area (Å²) in [6, 6.07) is 23.9. The molecule has 0 heterocycles. The van der Waals surface area contributed by atoms with E-state index in [4.69, 9.17) is 16.3 Å². The van der Waals surface area contributed by atoms with Crippen LogP contribution >= 0.6 is 11.6 Å². The van der Waals surface area contributed by atoms with Crippen LogP contribution in [0.4, 0.5) is 0 Å². The highest BCUT2D eigenvalue weighted by Gasteiger charge is 2.32. The first kappa shape index (κ1) is 26.3. The molecule has 0 fully saturated rings. The summed E-state index contributed by atoms with van der Waals surface area (Å²) >= 11 is 6.06. The van der Waals surface area contributed by atoms with Gasteiger partial charge in [0.25, 0.3) is 5.91 Å². The molecule has 0 aliphatic rings. The van der Waals surface area contributed by atoms with Crippen molar-refractivity contribution in [1.29, 1.82) is 0 Å². The highest BCUT2D eigenvalue weighted by atomic mass is 35.5. The van der Waals surface area contributed by atoms with E-state index in [9.17, 15) is 9.59 Å². The summed E-state index contributed by atoms with van der Waals surface area (Å²) in [7, 11) is 0. The second-order valence-electron chi connectivity index (χ2n) is 9.70. The molecule has 3 aromatic rings. The number of carbonyl (C=O) groups excluding carboxylic acids is 2. The van der Waals surface area contributed by atoms with E-state index in [0.29, 0.717) is 17.2 Å². The molecule has 0 saturated heterocycles. The number of hydrogen-bond acceptors (Lipinski definition) is 3. The average molecular weight is 493 g/mol. The molecule has 1 unspecified atom stereocenters. The Balaban J connectivity index is 1.92. The third kappa shape index (κ3) is 8.45. The highest BCUT2D eigenvalue weighted by Crippen LogP contribution is 2.19. The molecule has 0 aliphatic heterocycles. The maximum atomic E-state index is 13.6. The summed E-state index contributed by atoms with van der Waals surface area (Å²) in [4.78, 5) is 28.7. The van der Waals surface area contributed by atoms with Gasteiger partial charge in [-0.25, -0.2) is 0 Å².